The zero-order chi connectivity index (χ0) is 30.0. The molecule has 0 N–H and O–H groups in total. The number of fused-ring (bicyclic) bond motifs is 1. The lowest BCUT2D eigenvalue weighted by atomic mass is 9.95. The Morgan fingerprint density at radius 3 is 2.69 bits per heavy atom. The van der Waals surface area contributed by atoms with E-state index in [0.717, 1.165) is 0 Å². The predicted molar refractivity (Wildman–Crippen MR) is 161 cm³/mol. The molecule has 0 bridgehead atoms. The monoisotopic (exact) mass is 647 g/mol. The molecular formula is C31H26BrN3O6S. The van der Waals surface area contributed by atoms with Crippen molar-refractivity contribution in [1.82, 2.24) is 4.57 Å². The molecule has 9 nitrogen and oxygen atoms in total. The Morgan fingerprint density at radius 1 is 1.19 bits per heavy atom. The number of benzene rings is 2. The number of esters is 1. The van der Waals surface area contributed by atoms with Crippen molar-refractivity contribution < 1.29 is 23.4 Å². The first-order valence-corrected chi connectivity index (χ1v) is 14.7. The van der Waals surface area contributed by atoms with Crippen LogP contribution in [-0.4, -0.2) is 30.9 Å². The summed E-state index contributed by atoms with van der Waals surface area (Å²) in [4.78, 5) is 32.3. The van der Waals surface area contributed by atoms with Crippen molar-refractivity contribution in [3.8, 4) is 28.9 Å². The SMILES string of the molecule is CCOC(=O)C1=C(C)N=c2s/c(=C/c3ccc(-c4ccccc4C#N)o3)c(=O)n2[C@H]1c1cc(OC)c(OCC)cc1Br. The second-order valence-electron chi connectivity index (χ2n) is 9.12. The fraction of sp³-hybridized carbons (Fsp3) is 0.226. The van der Waals surface area contributed by atoms with Gasteiger partial charge in [-0.05, 0) is 62.7 Å². The van der Waals surface area contributed by atoms with Gasteiger partial charge in [-0.15, -0.1) is 0 Å². The van der Waals surface area contributed by atoms with Crippen LogP contribution >= 0.6 is 27.3 Å². The van der Waals surface area contributed by atoms with Crippen LogP contribution in [0.1, 0.15) is 43.7 Å². The number of halogens is 1. The van der Waals surface area contributed by atoms with E-state index in [2.05, 4.69) is 27.0 Å². The van der Waals surface area contributed by atoms with Gasteiger partial charge in [-0.1, -0.05) is 39.4 Å². The van der Waals surface area contributed by atoms with E-state index in [0.29, 0.717) is 65.8 Å². The van der Waals surface area contributed by atoms with Crippen LogP contribution in [0, 0.1) is 11.3 Å². The number of carbonyl (C=O) groups is 1. The van der Waals surface area contributed by atoms with E-state index in [1.54, 1.807) is 62.4 Å². The van der Waals surface area contributed by atoms with Gasteiger partial charge >= 0.3 is 5.97 Å². The average Bonchev–Trinajstić information content (AvgIpc) is 3.57. The van der Waals surface area contributed by atoms with Crippen LogP contribution in [0.4, 0.5) is 0 Å². The molecule has 4 aromatic rings. The lowest BCUT2D eigenvalue weighted by molar-refractivity contribution is -0.139. The second kappa shape index (κ2) is 12.2. The van der Waals surface area contributed by atoms with Crippen LogP contribution in [0.2, 0.25) is 0 Å². The van der Waals surface area contributed by atoms with Crippen LogP contribution in [0.5, 0.6) is 11.5 Å². The molecule has 0 radical (unpaired) electrons. The molecular weight excluding hydrogens is 622 g/mol. The molecule has 1 aliphatic rings. The van der Waals surface area contributed by atoms with Crippen molar-refractivity contribution in [2.75, 3.05) is 20.3 Å². The number of carbonyl (C=O) groups excluding carboxylic acids is 1. The maximum Gasteiger partial charge on any atom is 0.338 e. The van der Waals surface area contributed by atoms with Gasteiger partial charge in [0, 0.05) is 16.1 Å². The molecule has 214 valence electrons. The summed E-state index contributed by atoms with van der Waals surface area (Å²) in [7, 11) is 1.53. The fourth-order valence-electron chi connectivity index (χ4n) is 4.77. The highest BCUT2D eigenvalue weighted by Gasteiger charge is 2.35. The van der Waals surface area contributed by atoms with E-state index in [1.807, 2.05) is 13.0 Å². The van der Waals surface area contributed by atoms with E-state index in [4.69, 9.17) is 18.6 Å². The number of thiazole rings is 1. The van der Waals surface area contributed by atoms with Gasteiger partial charge in [-0.3, -0.25) is 9.36 Å². The molecule has 0 saturated carbocycles. The van der Waals surface area contributed by atoms with Crippen molar-refractivity contribution in [1.29, 1.82) is 5.26 Å². The van der Waals surface area contributed by atoms with Gasteiger partial charge in [0.25, 0.3) is 5.56 Å². The zero-order valence-corrected chi connectivity index (χ0v) is 25.7. The van der Waals surface area contributed by atoms with Crippen LogP contribution in [0.15, 0.2) is 78.5 Å². The van der Waals surface area contributed by atoms with Crippen LogP contribution < -0.4 is 24.4 Å². The number of nitriles is 1. The molecule has 0 spiro atoms. The first-order valence-electron chi connectivity index (χ1n) is 13.1. The molecule has 1 aliphatic heterocycles. The van der Waals surface area contributed by atoms with Crippen LogP contribution in [0.25, 0.3) is 17.4 Å². The highest BCUT2D eigenvalue weighted by molar-refractivity contribution is 9.10. The minimum absolute atomic E-state index is 0.163. The number of hydrogen-bond acceptors (Lipinski definition) is 9. The standard InChI is InChI=1S/C31H26BrN3O6S/c1-5-39-25-15-22(32)21(14-24(25)38-4)28-27(30(37)40-6-2)17(3)34-31-35(28)29(36)26(42-31)13-19-11-12-23(41-19)20-10-8-7-9-18(20)16-33/h7-15,28H,5-6H2,1-4H3/b26-13+/t28-/m0/s1. The number of hydrogen-bond donors (Lipinski definition) is 0. The van der Waals surface area contributed by atoms with Gasteiger partial charge < -0.3 is 18.6 Å². The van der Waals surface area contributed by atoms with Crippen molar-refractivity contribution in [2.24, 2.45) is 4.99 Å². The maximum absolute atomic E-state index is 14.0. The van der Waals surface area contributed by atoms with Gasteiger partial charge in [0.2, 0.25) is 0 Å². The first-order chi connectivity index (χ1) is 20.3. The number of furan rings is 1. The summed E-state index contributed by atoms with van der Waals surface area (Å²) in [6.07, 6.45) is 1.64. The van der Waals surface area contributed by atoms with E-state index in [9.17, 15) is 14.9 Å². The smallest absolute Gasteiger partial charge is 0.338 e. The summed E-state index contributed by atoms with van der Waals surface area (Å²) >= 11 is 4.81. The van der Waals surface area contributed by atoms with Gasteiger partial charge in [0.1, 0.15) is 11.5 Å². The summed E-state index contributed by atoms with van der Waals surface area (Å²) in [5, 5.41) is 9.47. The molecule has 11 heteroatoms. The number of nitrogens with zero attached hydrogens (tertiary/aromatic N) is 3. The Bertz CT molecular complexity index is 1950. The molecule has 3 heterocycles. The molecule has 0 fully saturated rings. The predicted octanol–water partition coefficient (Wildman–Crippen LogP) is 5.10. The van der Waals surface area contributed by atoms with Crippen molar-refractivity contribution in [3.63, 3.8) is 0 Å². The number of allylic oxidation sites excluding steroid dienone is 1. The molecule has 2 aromatic carbocycles. The largest absolute Gasteiger partial charge is 0.493 e. The molecule has 0 amide bonds. The normalized spacial score (nSPS) is 14.7. The Kier molecular flexibility index (Phi) is 8.47. The van der Waals surface area contributed by atoms with E-state index < -0.39 is 12.0 Å². The van der Waals surface area contributed by atoms with E-state index in [-0.39, 0.29) is 17.7 Å². The number of rotatable bonds is 8. The van der Waals surface area contributed by atoms with Gasteiger partial charge in [-0.25, -0.2) is 9.79 Å². The lowest BCUT2D eigenvalue weighted by Crippen LogP contribution is -2.40. The Morgan fingerprint density at radius 2 is 1.98 bits per heavy atom. The highest BCUT2D eigenvalue weighted by Crippen LogP contribution is 2.41. The molecule has 5 rings (SSSR count). The van der Waals surface area contributed by atoms with Crippen LogP contribution in [0.3, 0.4) is 0 Å². The molecule has 1 atom stereocenters. The summed E-state index contributed by atoms with van der Waals surface area (Å²) in [6.45, 7) is 5.91. The third kappa shape index (κ3) is 5.31. The molecule has 0 aliphatic carbocycles. The van der Waals surface area contributed by atoms with E-state index in [1.165, 1.54) is 23.0 Å². The topological polar surface area (TPSA) is 116 Å². The van der Waals surface area contributed by atoms with Crippen LogP contribution in [-0.2, 0) is 9.53 Å². The third-order valence-corrected chi connectivity index (χ3v) is 8.28. The third-order valence-electron chi connectivity index (χ3n) is 6.61. The summed E-state index contributed by atoms with van der Waals surface area (Å²) in [6, 6.07) is 15.5. The number of methoxy groups -OCH3 is 1. The average molecular weight is 649 g/mol. The Hall–Kier alpha value is -4.40. The summed E-state index contributed by atoms with van der Waals surface area (Å²) < 4.78 is 25.2. The maximum atomic E-state index is 14.0. The van der Waals surface area contributed by atoms with Gasteiger partial charge in [0.15, 0.2) is 16.3 Å². The molecule has 0 saturated heterocycles. The van der Waals surface area contributed by atoms with Gasteiger partial charge in [0.05, 0.1) is 53.8 Å². The highest BCUT2D eigenvalue weighted by atomic mass is 79.9. The quantitative estimate of drug-likeness (QED) is 0.244. The Balaban J connectivity index is 1.69. The Labute approximate surface area is 253 Å². The summed E-state index contributed by atoms with van der Waals surface area (Å²) in [5.74, 6) is 1.35. The minimum atomic E-state index is -0.851. The van der Waals surface area contributed by atoms with Crippen molar-refractivity contribution in [2.45, 2.75) is 26.8 Å². The molecule has 42 heavy (non-hydrogen) atoms. The lowest BCUT2D eigenvalue weighted by Gasteiger charge is -2.26. The molecule has 2 aromatic heterocycles. The van der Waals surface area contributed by atoms with Crippen molar-refractivity contribution >= 4 is 39.3 Å². The molecule has 0 unspecified atom stereocenters. The van der Waals surface area contributed by atoms with Gasteiger partial charge in [-0.2, -0.15) is 5.26 Å². The fourth-order valence-corrected chi connectivity index (χ4v) is 6.34. The number of aromatic nitrogens is 1. The first kappa shape index (κ1) is 29.1. The minimum Gasteiger partial charge on any atom is -0.493 e. The summed E-state index contributed by atoms with van der Waals surface area (Å²) in [5.41, 5.74) is 2.08. The van der Waals surface area contributed by atoms with E-state index >= 15 is 0 Å². The second-order valence-corrected chi connectivity index (χ2v) is 11.0. The van der Waals surface area contributed by atoms with Crippen molar-refractivity contribution in [3.05, 3.63) is 101 Å². The number of ether oxygens (including phenoxy) is 3. The zero-order valence-electron chi connectivity index (χ0n) is 23.3.